The summed E-state index contributed by atoms with van der Waals surface area (Å²) in [6.07, 6.45) is 0.798. The van der Waals surface area contributed by atoms with E-state index in [1.807, 2.05) is 60.0 Å². The smallest absolute Gasteiger partial charge is 0.307 e. The molecule has 0 radical (unpaired) electrons. The van der Waals surface area contributed by atoms with Crippen LogP contribution >= 0.6 is 11.3 Å². The molecule has 1 atom stereocenters. The molecule has 3 rings (SSSR count). The molecule has 1 heterocycles. The van der Waals surface area contributed by atoms with Crippen molar-refractivity contribution in [1.29, 1.82) is 0 Å². The van der Waals surface area contributed by atoms with Crippen molar-refractivity contribution in [2.45, 2.75) is 18.9 Å². The monoisotopic (exact) mass is 409 g/mol. The van der Waals surface area contributed by atoms with Gasteiger partial charge in [0.05, 0.1) is 19.6 Å². The van der Waals surface area contributed by atoms with Crippen LogP contribution in [0.3, 0.4) is 0 Å². The summed E-state index contributed by atoms with van der Waals surface area (Å²) in [5.74, 6) is 0.00628. The van der Waals surface area contributed by atoms with Crippen molar-refractivity contribution in [2.75, 3.05) is 13.7 Å². The number of amides is 1. The van der Waals surface area contributed by atoms with Gasteiger partial charge >= 0.3 is 5.97 Å². The molecule has 1 aromatic heterocycles. The first-order valence-corrected chi connectivity index (χ1v) is 10.2. The molecule has 3 aromatic rings. The third-order valence-electron chi connectivity index (χ3n) is 4.39. The first kappa shape index (κ1) is 20.6. The summed E-state index contributed by atoms with van der Waals surface area (Å²) < 4.78 is 10.5. The summed E-state index contributed by atoms with van der Waals surface area (Å²) in [5, 5.41) is 4.77. The molecule has 0 spiro atoms. The number of hydrogen-bond acceptors (Lipinski definition) is 5. The van der Waals surface area contributed by atoms with E-state index in [4.69, 9.17) is 9.47 Å². The van der Waals surface area contributed by atoms with Gasteiger partial charge in [0.25, 0.3) is 5.91 Å². The van der Waals surface area contributed by atoms with Crippen molar-refractivity contribution in [3.63, 3.8) is 0 Å². The van der Waals surface area contributed by atoms with Gasteiger partial charge in [-0.05, 0) is 28.6 Å². The Morgan fingerprint density at radius 1 is 1.00 bits per heavy atom. The van der Waals surface area contributed by atoms with E-state index in [-0.39, 0.29) is 24.9 Å². The van der Waals surface area contributed by atoms with E-state index in [9.17, 15) is 9.59 Å². The predicted molar refractivity (Wildman–Crippen MR) is 113 cm³/mol. The molecule has 5 nitrogen and oxygen atoms in total. The van der Waals surface area contributed by atoms with Crippen LogP contribution in [0.2, 0.25) is 0 Å². The van der Waals surface area contributed by atoms with Crippen LogP contribution in [0, 0.1) is 0 Å². The highest BCUT2D eigenvalue weighted by Crippen LogP contribution is 2.23. The fourth-order valence-electron chi connectivity index (χ4n) is 2.95. The van der Waals surface area contributed by atoms with E-state index < -0.39 is 6.04 Å². The molecule has 1 unspecified atom stereocenters. The average Bonchev–Trinajstić information content (AvgIpc) is 3.28. The molecule has 0 aliphatic rings. The van der Waals surface area contributed by atoms with Gasteiger partial charge in [0.15, 0.2) is 6.61 Å². The highest BCUT2D eigenvalue weighted by molar-refractivity contribution is 7.10. The minimum atomic E-state index is -0.432. The van der Waals surface area contributed by atoms with Gasteiger partial charge < -0.3 is 14.8 Å². The van der Waals surface area contributed by atoms with Gasteiger partial charge in [-0.3, -0.25) is 9.59 Å². The molecule has 1 amide bonds. The largest absolute Gasteiger partial charge is 0.483 e. The molecule has 2 aromatic carbocycles. The summed E-state index contributed by atoms with van der Waals surface area (Å²) in [6.45, 7) is -0.130. The molecule has 0 saturated heterocycles. The SMILES string of the molecule is COC(=O)CC(NC(=O)COc1ccccc1Cc1ccccc1)c1cccs1. The number of esters is 1. The fourth-order valence-corrected chi connectivity index (χ4v) is 3.73. The zero-order valence-electron chi connectivity index (χ0n) is 16.2. The summed E-state index contributed by atoms with van der Waals surface area (Å²) >= 11 is 1.48. The van der Waals surface area contributed by atoms with Gasteiger partial charge in [0.1, 0.15) is 5.75 Å². The Hall–Kier alpha value is -3.12. The molecule has 0 bridgehead atoms. The second-order valence-electron chi connectivity index (χ2n) is 6.47. The molecule has 0 fully saturated rings. The summed E-state index contributed by atoms with van der Waals surface area (Å²) in [4.78, 5) is 25.1. The van der Waals surface area contributed by atoms with E-state index in [2.05, 4.69) is 17.4 Å². The van der Waals surface area contributed by atoms with Crippen molar-refractivity contribution in [3.05, 3.63) is 88.1 Å². The van der Waals surface area contributed by atoms with Crippen LogP contribution in [0.4, 0.5) is 0 Å². The Morgan fingerprint density at radius 2 is 1.76 bits per heavy atom. The topological polar surface area (TPSA) is 64.6 Å². The zero-order valence-corrected chi connectivity index (χ0v) is 17.0. The van der Waals surface area contributed by atoms with Gasteiger partial charge in [-0.2, -0.15) is 0 Å². The molecule has 29 heavy (non-hydrogen) atoms. The normalized spacial score (nSPS) is 11.5. The molecular formula is C23H23NO4S. The van der Waals surface area contributed by atoms with Gasteiger partial charge in [0, 0.05) is 11.3 Å². The number of benzene rings is 2. The number of hydrogen-bond donors (Lipinski definition) is 1. The van der Waals surface area contributed by atoms with E-state index in [0.29, 0.717) is 5.75 Å². The Labute approximate surface area is 174 Å². The van der Waals surface area contributed by atoms with Crippen molar-refractivity contribution in [1.82, 2.24) is 5.32 Å². The summed E-state index contributed by atoms with van der Waals surface area (Å²) in [6, 6.07) is 21.1. The average molecular weight is 410 g/mol. The van der Waals surface area contributed by atoms with Crippen molar-refractivity contribution in [3.8, 4) is 5.75 Å². The van der Waals surface area contributed by atoms with E-state index >= 15 is 0 Å². The first-order chi connectivity index (χ1) is 14.2. The molecule has 0 aliphatic heterocycles. The first-order valence-electron chi connectivity index (χ1n) is 9.30. The number of thiophene rings is 1. The number of rotatable bonds is 9. The van der Waals surface area contributed by atoms with Crippen LogP contribution in [0.1, 0.15) is 28.5 Å². The van der Waals surface area contributed by atoms with Crippen LogP contribution < -0.4 is 10.1 Å². The van der Waals surface area contributed by atoms with Crippen LogP contribution in [-0.4, -0.2) is 25.6 Å². The molecule has 0 aliphatic carbocycles. The van der Waals surface area contributed by atoms with Gasteiger partial charge in [-0.25, -0.2) is 0 Å². The zero-order chi connectivity index (χ0) is 20.5. The number of carbonyl (C=O) groups is 2. The Kier molecular flexibility index (Phi) is 7.41. The van der Waals surface area contributed by atoms with E-state index in [0.717, 1.165) is 16.9 Å². The number of carbonyl (C=O) groups excluding carboxylic acids is 2. The highest BCUT2D eigenvalue weighted by atomic mass is 32.1. The maximum absolute atomic E-state index is 12.5. The highest BCUT2D eigenvalue weighted by Gasteiger charge is 2.20. The van der Waals surface area contributed by atoms with E-state index in [1.165, 1.54) is 24.0 Å². The number of para-hydroxylation sites is 1. The fraction of sp³-hybridized carbons (Fsp3) is 0.217. The lowest BCUT2D eigenvalue weighted by Crippen LogP contribution is -2.33. The standard InChI is InChI=1S/C23H23NO4S/c1-27-23(26)15-19(21-12-7-13-29-21)24-22(25)16-28-20-11-6-5-10-18(20)14-17-8-3-2-4-9-17/h2-13,19H,14-16H2,1H3,(H,24,25). The third kappa shape index (κ3) is 6.19. The number of nitrogens with one attached hydrogen (secondary N) is 1. The minimum Gasteiger partial charge on any atom is -0.483 e. The van der Waals surface area contributed by atoms with Crippen molar-refractivity contribution < 1.29 is 19.1 Å². The molecule has 1 N–H and O–H groups in total. The van der Waals surface area contributed by atoms with Gasteiger partial charge in [0.2, 0.25) is 0 Å². The van der Waals surface area contributed by atoms with Crippen LogP contribution in [0.5, 0.6) is 5.75 Å². The maximum Gasteiger partial charge on any atom is 0.307 e. The summed E-state index contributed by atoms with van der Waals surface area (Å²) in [5.41, 5.74) is 2.18. The van der Waals surface area contributed by atoms with Crippen molar-refractivity contribution in [2.24, 2.45) is 0 Å². The Balaban J connectivity index is 1.62. The third-order valence-corrected chi connectivity index (χ3v) is 5.38. The maximum atomic E-state index is 12.5. The second-order valence-corrected chi connectivity index (χ2v) is 7.45. The lowest BCUT2D eigenvalue weighted by Gasteiger charge is -2.17. The van der Waals surface area contributed by atoms with Crippen molar-refractivity contribution >= 4 is 23.2 Å². The lowest BCUT2D eigenvalue weighted by atomic mass is 10.0. The van der Waals surface area contributed by atoms with Gasteiger partial charge in [-0.15, -0.1) is 11.3 Å². The molecular weight excluding hydrogens is 386 g/mol. The van der Waals surface area contributed by atoms with Gasteiger partial charge in [-0.1, -0.05) is 54.6 Å². The Morgan fingerprint density at radius 3 is 2.48 bits per heavy atom. The minimum absolute atomic E-state index is 0.0767. The van der Waals surface area contributed by atoms with Crippen LogP contribution in [0.25, 0.3) is 0 Å². The van der Waals surface area contributed by atoms with E-state index in [1.54, 1.807) is 0 Å². The molecule has 150 valence electrons. The van der Waals surface area contributed by atoms with Crippen LogP contribution in [-0.2, 0) is 20.7 Å². The Bertz CT molecular complexity index is 925. The summed E-state index contributed by atoms with van der Waals surface area (Å²) in [7, 11) is 1.34. The molecule has 0 saturated carbocycles. The lowest BCUT2D eigenvalue weighted by molar-refractivity contribution is -0.141. The number of ether oxygens (including phenoxy) is 2. The second kappa shape index (κ2) is 10.4. The van der Waals surface area contributed by atoms with Crippen LogP contribution in [0.15, 0.2) is 72.1 Å². The number of methoxy groups -OCH3 is 1. The quantitative estimate of drug-likeness (QED) is 0.540. The molecule has 6 heteroatoms. The predicted octanol–water partition coefficient (Wildman–Crippen LogP) is 4.14.